The molecule has 2 unspecified atom stereocenters. The lowest BCUT2D eigenvalue weighted by atomic mass is 9.82. The third kappa shape index (κ3) is 4.26. The maximum absolute atomic E-state index is 5.81. The van der Waals surface area contributed by atoms with Crippen LogP contribution in [0.2, 0.25) is 0 Å². The SMILES string of the molecule is CCC1CCCC(N(CCN)C(CC)CC)C1. The van der Waals surface area contributed by atoms with Gasteiger partial charge in [0.05, 0.1) is 0 Å². The Morgan fingerprint density at radius 2 is 1.88 bits per heavy atom. The molecule has 1 aliphatic rings. The lowest BCUT2D eigenvalue weighted by Gasteiger charge is -2.41. The first-order valence-electron chi connectivity index (χ1n) is 7.72. The Hall–Kier alpha value is -0.0800. The normalized spacial score (nSPS) is 25.8. The second-order valence-electron chi connectivity index (χ2n) is 5.59. The van der Waals surface area contributed by atoms with Crippen molar-refractivity contribution >= 4 is 0 Å². The van der Waals surface area contributed by atoms with E-state index in [1.54, 1.807) is 0 Å². The van der Waals surface area contributed by atoms with Crippen LogP contribution in [0.5, 0.6) is 0 Å². The quantitative estimate of drug-likeness (QED) is 0.739. The number of hydrogen-bond donors (Lipinski definition) is 1. The highest BCUT2D eigenvalue weighted by atomic mass is 15.2. The summed E-state index contributed by atoms with van der Waals surface area (Å²) in [6.07, 6.45) is 9.57. The van der Waals surface area contributed by atoms with E-state index in [1.165, 1.54) is 44.9 Å². The molecule has 0 aromatic rings. The second kappa shape index (κ2) is 8.10. The van der Waals surface area contributed by atoms with Crippen LogP contribution in [0.3, 0.4) is 0 Å². The van der Waals surface area contributed by atoms with Crippen LogP contribution in [0.15, 0.2) is 0 Å². The summed E-state index contributed by atoms with van der Waals surface area (Å²) in [7, 11) is 0. The molecule has 1 saturated carbocycles. The van der Waals surface area contributed by atoms with E-state index in [1.807, 2.05) is 0 Å². The van der Waals surface area contributed by atoms with Crippen LogP contribution >= 0.6 is 0 Å². The topological polar surface area (TPSA) is 29.3 Å². The number of nitrogens with zero attached hydrogens (tertiary/aromatic N) is 1. The molecule has 0 saturated heterocycles. The van der Waals surface area contributed by atoms with E-state index in [0.29, 0.717) is 0 Å². The van der Waals surface area contributed by atoms with Crippen LogP contribution in [-0.2, 0) is 0 Å². The smallest absolute Gasteiger partial charge is 0.0110 e. The molecular weight excluding hydrogens is 208 g/mol. The number of nitrogens with two attached hydrogens (primary N) is 1. The van der Waals surface area contributed by atoms with Crippen molar-refractivity contribution in [3.05, 3.63) is 0 Å². The Bertz CT molecular complexity index is 189. The van der Waals surface area contributed by atoms with E-state index in [0.717, 1.165) is 31.1 Å². The lowest BCUT2D eigenvalue weighted by Crippen LogP contribution is -2.47. The van der Waals surface area contributed by atoms with Gasteiger partial charge in [-0.15, -0.1) is 0 Å². The minimum atomic E-state index is 0.749. The summed E-state index contributed by atoms with van der Waals surface area (Å²) in [5.74, 6) is 0.961. The van der Waals surface area contributed by atoms with Crippen molar-refractivity contribution in [3.63, 3.8) is 0 Å². The highest BCUT2D eigenvalue weighted by Crippen LogP contribution is 2.31. The predicted octanol–water partition coefficient (Wildman–Crippen LogP) is 3.40. The van der Waals surface area contributed by atoms with Gasteiger partial charge < -0.3 is 5.73 Å². The van der Waals surface area contributed by atoms with Gasteiger partial charge in [0.2, 0.25) is 0 Å². The molecule has 0 amide bonds. The summed E-state index contributed by atoms with van der Waals surface area (Å²) in [5, 5.41) is 0. The molecule has 0 bridgehead atoms. The Kier molecular flexibility index (Phi) is 7.14. The van der Waals surface area contributed by atoms with Crippen molar-refractivity contribution in [1.29, 1.82) is 0 Å². The van der Waals surface area contributed by atoms with Crippen LogP contribution in [-0.4, -0.2) is 30.1 Å². The first kappa shape index (κ1) is 15.0. The summed E-state index contributed by atoms with van der Waals surface area (Å²) < 4.78 is 0. The summed E-state index contributed by atoms with van der Waals surface area (Å²) in [4.78, 5) is 2.72. The Balaban J connectivity index is 2.61. The largest absolute Gasteiger partial charge is 0.329 e. The summed E-state index contributed by atoms with van der Waals surface area (Å²) in [5.41, 5.74) is 5.81. The van der Waals surface area contributed by atoms with Gasteiger partial charge in [-0.2, -0.15) is 0 Å². The molecule has 2 heteroatoms. The molecule has 1 rings (SSSR count). The maximum atomic E-state index is 5.81. The minimum Gasteiger partial charge on any atom is -0.329 e. The predicted molar refractivity (Wildman–Crippen MR) is 76.2 cm³/mol. The molecule has 0 heterocycles. The van der Waals surface area contributed by atoms with Crippen molar-refractivity contribution < 1.29 is 0 Å². The van der Waals surface area contributed by atoms with Gasteiger partial charge in [-0.25, -0.2) is 0 Å². The van der Waals surface area contributed by atoms with Crippen molar-refractivity contribution in [3.8, 4) is 0 Å². The van der Waals surface area contributed by atoms with Crippen molar-refractivity contribution in [2.75, 3.05) is 13.1 Å². The first-order chi connectivity index (χ1) is 8.26. The van der Waals surface area contributed by atoms with E-state index in [4.69, 9.17) is 5.73 Å². The zero-order valence-corrected chi connectivity index (χ0v) is 12.1. The molecule has 2 atom stereocenters. The number of rotatable bonds is 7. The Morgan fingerprint density at radius 3 is 2.41 bits per heavy atom. The van der Waals surface area contributed by atoms with Crippen LogP contribution in [0.1, 0.15) is 65.7 Å². The monoisotopic (exact) mass is 240 g/mol. The van der Waals surface area contributed by atoms with Gasteiger partial charge in [0.25, 0.3) is 0 Å². The van der Waals surface area contributed by atoms with Gasteiger partial charge in [0.15, 0.2) is 0 Å². The molecule has 1 fully saturated rings. The van der Waals surface area contributed by atoms with Gasteiger partial charge in [0.1, 0.15) is 0 Å². The van der Waals surface area contributed by atoms with E-state index in [9.17, 15) is 0 Å². The van der Waals surface area contributed by atoms with Gasteiger partial charge in [-0.1, -0.05) is 40.0 Å². The van der Waals surface area contributed by atoms with Crippen LogP contribution in [0.4, 0.5) is 0 Å². The molecule has 0 aliphatic heterocycles. The van der Waals surface area contributed by atoms with Gasteiger partial charge in [-0.3, -0.25) is 4.90 Å². The fourth-order valence-corrected chi connectivity index (χ4v) is 3.50. The summed E-state index contributed by atoms with van der Waals surface area (Å²) >= 11 is 0. The van der Waals surface area contributed by atoms with Gasteiger partial charge in [-0.05, 0) is 31.6 Å². The van der Waals surface area contributed by atoms with Gasteiger partial charge in [0, 0.05) is 25.2 Å². The average Bonchev–Trinajstić information content (AvgIpc) is 2.39. The summed E-state index contributed by atoms with van der Waals surface area (Å²) in [6.45, 7) is 8.88. The van der Waals surface area contributed by atoms with Crippen LogP contribution < -0.4 is 5.73 Å². The molecule has 17 heavy (non-hydrogen) atoms. The van der Waals surface area contributed by atoms with Crippen molar-refractivity contribution in [2.24, 2.45) is 11.7 Å². The van der Waals surface area contributed by atoms with Crippen molar-refractivity contribution in [1.82, 2.24) is 4.90 Å². The van der Waals surface area contributed by atoms with Crippen LogP contribution in [0.25, 0.3) is 0 Å². The number of hydrogen-bond acceptors (Lipinski definition) is 2. The molecular formula is C15H32N2. The van der Waals surface area contributed by atoms with E-state index >= 15 is 0 Å². The standard InChI is InChI=1S/C15H32N2/c1-4-13-8-7-9-15(12-13)17(11-10-16)14(5-2)6-3/h13-15H,4-12,16H2,1-3H3. The molecule has 0 aromatic carbocycles. The molecule has 0 aromatic heterocycles. The van der Waals surface area contributed by atoms with E-state index < -0.39 is 0 Å². The van der Waals surface area contributed by atoms with Crippen molar-refractivity contribution in [2.45, 2.75) is 77.8 Å². The summed E-state index contributed by atoms with van der Waals surface area (Å²) in [6, 6.07) is 1.56. The Morgan fingerprint density at radius 1 is 1.18 bits per heavy atom. The first-order valence-corrected chi connectivity index (χ1v) is 7.72. The lowest BCUT2D eigenvalue weighted by molar-refractivity contribution is 0.0827. The fraction of sp³-hybridized carbons (Fsp3) is 1.00. The molecule has 2 N–H and O–H groups in total. The zero-order valence-electron chi connectivity index (χ0n) is 12.1. The third-order valence-corrected chi connectivity index (χ3v) is 4.60. The van der Waals surface area contributed by atoms with E-state index in [-0.39, 0.29) is 0 Å². The Labute approximate surface area is 108 Å². The zero-order chi connectivity index (χ0) is 12.7. The minimum absolute atomic E-state index is 0.749. The van der Waals surface area contributed by atoms with E-state index in [2.05, 4.69) is 25.7 Å². The third-order valence-electron chi connectivity index (χ3n) is 4.60. The molecule has 0 spiro atoms. The van der Waals surface area contributed by atoms with Gasteiger partial charge >= 0.3 is 0 Å². The average molecular weight is 240 g/mol. The highest BCUT2D eigenvalue weighted by molar-refractivity contribution is 4.83. The molecule has 0 radical (unpaired) electrons. The molecule has 1 aliphatic carbocycles. The second-order valence-corrected chi connectivity index (χ2v) is 5.59. The highest BCUT2D eigenvalue weighted by Gasteiger charge is 2.28. The maximum Gasteiger partial charge on any atom is 0.0110 e. The molecule has 2 nitrogen and oxygen atoms in total. The molecule has 102 valence electrons. The van der Waals surface area contributed by atoms with Crippen LogP contribution in [0, 0.1) is 5.92 Å². The fourth-order valence-electron chi connectivity index (χ4n) is 3.50.